The molecule has 0 aliphatic heterocycles. The fraction of sp³-hybridized carbons (Fsp3) is 0. The zero-order chi connectivity index (χ0) is 37.5. The lowest BCUT2D eigenvalue weighted by Gasteiger charge is -2.12. The summed E-state index contributed by atoms with van der Waals surface area (Å²) in [5.74, 6) is 0. The monoisotopic (exact) mass is 742 g/mol. The van der Waals surface area contributed by atoms with E-state index in [1.807, 2.05) is 11.3 Å². The van der Waals surface area contributed by atoms with Gasteiger partial charge in [0.15, 0.2) is 0 Å². The van der Waals surface area contributed by atoms with Crippen LogP contribution in [0.4, 0.5) is 0 Å². The Kier molecular flexibility index (Phi) is 7.13. The molecule has 3 heteroatoms. The fourth-order valence-electron chi connectivity index (χ4n) is 9.12. The molecule has 0 aliphatic rings. The zero-order valence-corrected chi connectivity index (χ0v) is 31.7. The maximum absolute atomic E-state index is 2.44. The minimum Gasteiger partial charge on any atom is -0.309 e. The SMILES string of the molecule is c1ccc(-c2ccc3c(c2)c2ccccc2n3-c2ccc3sc4ccc(-c5ccccc5-c5ccc6c(c5)c5ccccc5n6-c5ccccc5)cc4c3c2)cc1. The lowest BCUT2D eigenvalue weighted by molar-refractivity contribution is 1.18. The molecule has 2 nitrogen and oxygen atoms in total. The van der Waals surface area contributed by atoms with Crippen molar-refractivity contribution in [2.24, 2.45) is 0 Å². The maximum atomic E-state index is 2.44. The first kappa shape index (κ1) is 32.1. The summed E-state index contributed by atoms with van der Waals surface area (Å²) in [6, 6.07) is 75.7. The molecule has 0 N–H and O–H groups in total. The van der Waals surface area contributed by atoms with Gasteiger partial charge in [0.05, 0.1) is 22.1 Å². The molecule has 12 aromatic rings. The molecular formula is C54H34N2S. The lowest BCUT2D eigenvalue weighted by atomic mass is 9.93. The van der Waals surface area contributed by atoms with Crippen molar-refractivity contribution in [3.05, 3.63) is 206 Å². The number of hydrogen-bond acceptors (Lipinski definition) is 1. The highest BCUT2D eigenvalue weighted by Gasteiger charge is 2.17. The van der Waals surface area contributed by atoms with E-state index < -0.39 is 0 Å². The van der Waals surface area contributed by atoms with Gasteiger partial charge in [0, 0.05) is 53.1 Å². The van der Waals surface area contributed by atoms with Crippen LogP contribution >= 0.6 is 11.3 Å². The van der Waals surface area contributed by atoms with Gasteiger partial charge in [0.2, 0.25) is 0 Å². The number of benzene rings is 9. The molecule has 57 heavy (non-hydrogen) atoms. The van der Waals surface area contributed by atoms with Gasteiger partial charge in [-0.15, -0.1) is 11.3 Å². The minimum absolute atomic E-state index is 1.17. The Morgan fingerprint density at radius 2 is 0.719 bits per heavy atom. The van der Waals surface area contributed by atoms with Crippen molar-refractivity contribution >= 4 is 75.1 Å². The van der Waals surface area contributed by atoms with Gasteiger partial charge >= 0.3 is 0 Å². The number of nitrogens with zero attached hydrogens (tertiary/aromatic N) is 2. The number of thiophene rings is 1. The van der Waals surface area contributed by atoms with E-state index in [-0.39, 0.29) is 0 Å². The van der Waals surface area contributed by atoms with Gasteiger partial charge in [-0.3, -0.25) is 0 Å². The number of hydrogen-bond donors (Lipinski definition) is 0. The number of para-hydroxylation sites is 3. The molecule has 0 atom stereocenters. The molecule has 266 valence electrons. The van der Waals surface area contributed by atoms with Gasteiger partial charge in [-0.25, -0.2) is 0 Å². The van der Waals surface area contributed by atoms with Gasteiger partial charge in [-0.2, -0.15) is 0 Å². The quantitative estimate of drug-likeness (QED) is 0.166. The van der Waals surface area contributed by atoms with Gasteiger partial charge in [-0.1, -0.05) is 127 Å². The summed E-state index contributed by atoms with van der Waals surface area (Å²) in [5, 5.41) is 7.63. The molecule has 9 aromatic carbocycles. The second-order valence-electron chi connectivity index (χ2n) is 14.9. The van der Waals surface area contributed by atoms with Crippen LogP contribution in [-0.4, -0.2) is 9.13 Å². The Morgan fingerprint density at radius 1 is 0.263 bits per heavy atom. The van der Waals surface area contributed by atoms with Crippen molar-refractivity contribution in [2.45, 2.75) is 0 Å². The molecule has 12 rings (SSSR count). The second-order valence-corrected chi connectivity index (χ2v) is 16.0. The maximum Gasteiger partial charge on any atom is 0.0541 e. The molecule has 3 aromatic heterocycles. The lowest BCUT2D eigenvalue weighted by Crippen LogP contribution is -1.93. The van der Waals surface area contributed by atoms with E-state index in [0.717, 1.165) is 0 Å². The van der Waals surface area contributed by atoms with E-state index >= 15 is 0 Å². The number of rotatable bonds is 5. The first-order chi connectivity index (χ1) is 28.3. The predicted molar refractivity (Wildman–Crippen MR) is 244 cm³/mol. The second kappa shape index (κ2) is 12.7. The average Bonchev–Trinajstić information content (AvgIpc) is 3.93. The number of aromatic nitrogens is 2. The average molecular weight is 743 g/mol. The van der Waals surface area contributed by atoms with E-state index in [1.165, 1.54) is 109 Å². The Bertz CT molecular complexity index is 3510. The van der Waals surface area contributed by atoms with E-state index in [0.29, 0.717) is 0 Å². The summed E-state index contributed by atoms with van der Waals surface area (Å²) in [7, 11) is 0. The zero-order valence-electron chi connectivity index (χ0n) is 30.9. The highest BCUT2D eigenvalue weighted by Crippen LogP contribution is 2.42. The first-order valence-corrected chi connectivity index (χ1v) is 20.3. The van der Waals surface area contributed by atoms with E-state index in [9.17, 15) is 0 Å². The largest absolute Gasteiger partial charge is 0.309 e. The summed E-state index contributed by atoms with van der Waals surface area (Å²) in [5.41, 5.74) is 14.6. The minimum atomic E-state index is 1.17. The van der Waals surface area contributed by atoms with Crippen molar-refractivity contribution in [3.63, 3.8) is 0 Å². The van der Waals surface area contributed by atoms with Crippen LogP contribution in [0.1, 0.15) is 0 Å². The predicted octanol–water partition coefficient (Wildman–Crippen LogP) is 15.2. The van der Waals surface area contributed by atoms with Crippen LogP contribution in [0.15, 0.2) is 206 Å². The molecule has 0 fully saturated rings. The molecule has 0 unspecified atom stereocenters. The fourth-order valence-corrected chi connectivity index (χ4v) is 10.2. The summed E-state index contributed by atoms with van der Waals surface area (Å²) in [6.07, 6.45) is 0. The van der Waals surface area contributed by atoms with Crippen LogP contribution in [0.25, 0.3) is 109 Å². The molecule has 0 spiro atoms. The Morgan fingerprint density at radius 3 is 1.39 bits per heavy atom. The molecule has 0 bridgehead atoms. The smallest absolute Gasteiger partial charge is 0.0541 e. The van der Waals surface area contributed by atoms with E-state index in [1.54, 1.807) is 0 Å². The molecule has 3 heterocycles. The van der Waals surface area contributed by atoms with Crippen LogP contribution in [0, 0.1) is 0 Å². The van der Waals surface area contributed by atoms with Crippen molar-refractivity contribution < 1.29 is 0 Å². The molecular weight excluding hydrogens is 709 g/mol. The van der Waals surface area contributed by atoms with Crippen LogP contribution in [-0.2, 0) is 0 Å². The van der Waals surface area contributed by atoms with Crippen molar-refractivity contribution in [3.8, 4) is 44.8 Å². The van der Waals surface area contributed by atoms with Crippen LogP contribution in [0.3, 0.4) is 0 Å². The third kappa shape index (κ3) is 5.03. The van der Waals surface area contributed by atoms with Gasteiger partial charge in [0.25, 0.3) is 0 Å². The molecule has 0 aliphatic carbocycles. The highest BCUT2D eigenvalue weighted by atomic mass is 32.1. The standard InChI is InChI=1S/C54H34N2S/c1-3-13-35(14-4-1)36-23-27-52-45(31-36)43-19-10-12-22-50(43)56(52)40-26-30-54-48(34-40)47-33-38(25-29-53(47)57-54)42-18-8-7-17-41(42)37-24-28-51-46(32-37)44-20-9-11-21-49(44)55(51)39-15-5-2-6-16-39/h1-34H. The van der Waals surface area contributed by atoms with E-state index in [2.05, 4.69) is 215 Å². The molecule has 0 radical (unpaired) electrons. The summed E-state index contributed by atoms with van der Waals surface area (Å²) in [6.45, 7) is 0. The Balaban J connectivity index is 0.998. The van der Waals surface area contributed by atoms with Crippen LogP contribution < -0.4 is 0 Å². The van der Waals surface area contributed by atoms with Crippen LogP contribution in [0.5, 0.6) is 0 Å². The summed E-state index contributed by atoms with van der Waals surface area (Å²) in [4.78, 5) is 0. The van der Waals surface area contributed by atoms with Crippen LogP contribution in [0.2, 0.25) is 0 Å². The van der Waals surface area contributed by atoms with Gasteiger partial charge < -0.3 is 9.13 Å². The van der Waals surface area contributed by atoms with Gasteiger partial charge in [0.1, 0.15) is 0 Å². The van der Waals surface area contributed by atoms with E-state index in [4.69, 9.17) is 0 Å². The Labute approximate surface area is 333 Å². The topological polar surface area (TPSA) is 9.86 Å². The molecule has 0 amide bonds. The van der Waals surface area contributed by atoms with Crippen molar-refractivity contribution in [1.82, 2.24) is 9.13 Å². The molecule has 0 saturated heterocycles. The van der Waals surface area contributed by atoms with Gasteiger partial charge in [-0.05, 0) is 112 Å². The highest BCUT2D eigenvalue weighted by molar-refractivity contribution is 7.25. The first-order valence-electron chi connectivity index (χ1n) is 19.5. The third-order valence-corrected chi connectivity index (χ3v) is 12.9. The number of fused-ring (bicyclic) bond motifs is 9. The summed E-state index contributed by atoms with van der Waals surface area (Å²) < 4.78 is 7.41. The normalized spacial score (nSPS) is 11.9. The summed E-state index contributed by atoms with van der Waals surface area (Å²) >= 11 is 1.87. The Hall–Kier alpha value is -7.20. The molecule has 0 saturated carbocycles. The van der Waals surface area contributed by atoms with Crippen molar-refractivity contribution in [1.29, 1.82) is 0 Å². The van der Waals surface area contributed by atoms with Crippen molar-refractivity contribution in [2.75, 3.05) is 0 Å². The third-order valence-electron chi connectivity index (χ3n) is 11.7.